The van der Waals surface area contributed by atoms with Crippen LogP contribution >= 0.6 is 34.4 Å². The van der Waals surface area contributed by atoms with Crippen LogP contribution in [0.15, 0.2) is 49.1 Å². The smallest absolute Gasteiger partial charge is 0.208 e. The fourth-order valence-electron chi connectivity index (χ4n) is 2.92. The Morgan fingerprint density at radius 3 is 2.03 bits per heavy atom. The van der Waals surface area contributed by atoms with Crippen molar-refractivity contribution in [2.75, 3.05) is 24.0 Å². The standard InChI is InChI=1S/C14H20N4S2.C9H9N3S/c1-10(9-19-4)11(2)18(3)14-17-16-13(20-14)12-6-5-7-15-8-12;1-2-8-11-12-9(13-8)7-4-3-5-10-6-7/h5-8,10-11H,9H2,1-4H3;3-6H,2H2,1H3. The number of pyridine rings is 2. The van der Waals surface area contributed by atoms with E-state index in [1.54, 1.807) is 41.3 Å². The number of hydrogen-bond acceptors (Lipinski definition) is 10. The normalized spacial score (nSPS) is 12.5. The zero-order chi connectivity index (χ0) is 23.6. The SMILES string of the molecule is CCc1nnc(-c2cccnc2)s1.CSCC(C)C(C)N(C)c1nnc(-c2cccnc2)s1. The molecule has 0 N–H and O–H groups in total. The van der Waals surface area contributed by atoms with E-state index >= 15 is 0 Å². The monoisotopic (exact) mass is 499 g/mol. The molecule has 10 heteroatoms. The van der Waals surface area contributed by atoms with Gasteiger partial charge in [-0.05, 0) is 55.5 Å². The lowest BCUT2D eigenvalue weighted by Gasteiger charge is -2.28. The van der Waals surface area contributed by atoms with Gasteiger partial charge in [-0.1, -0.05) is 36.5 Å². The Hall–Kier alpha value is -2.43. The number of rotatable bonds is 8. The summed E-state index contributed by atoms with van der Waals surface area (Å²) in [6.45, 7) is 6.60. The Kier molecular flexibility index (Phi) is 9.71. The average Bonchev–Trinajstić information content (AvgIpc) is 3.55. The second kappa shape index (κ2) is 12.7. The first kappa shape index (κ1) is 25.2. The maximum absolute atomic E-state index is 4.32. The van der Waals surface area contributed by atoms with E-state index in [1.807, 2.05) is 42.2 Å². The molecule has 0 saturated carbocycles. The molecular formula is C23H29N7S3. The van der Waals surface area contributed by atoms with Gasteiger partial charge in [0, 0.05) is 49.0 Å². The highest BCUT2D eigenvalue weighted by Gasteiger charge is 2.20. The maximum atomic E-state index is 4.32. The zero-order valence-electron chi connectivity index (χ0n) is 19.5. The van der Waals surface area contributed by atoms with Gasteiger partial charge in [-0.25, -0.2) is 0 Å². The minimum absolute atomic E-state index is 0.442. The molecule has 7 nitrogen and oxygen atoms in total. The molecule has 0 aliphatic heterocycles. The minimum atomic E-state index is 0.442. The zero-order valence-corrected chi connectivity index (χ0v) is 22.0. The topological polar surface area (TPSA) is 80.6 Å². The molecule has 4 aromatic heterocycles. The Balaban J connectivity index is 0.000000203. The van der Waals surface area contributed by atoms with E-state index < -0.39 is 0 Å². The van der Waals surface area contributed by atoms with Gasteiger partial charge in [0.05, 0.1) is 0 Å². The van der Waals surface area contributed by atoms with Gasteiger partial charge in [-0.2, -0.15) is 11.8 Å². The molecule has 4 heterocycles. The molecule has 0 aliphatic carbocycles. The van der Waals surface area contributed by atoms with Crippen LogP contribution in [0, 0.1) is 5.92 Å². The van der Waals surface area contributed by atoms with E-state index in [-0.39, 0.29) is 0 Å². The Morgan fingerprint density at radius 1 is 0.909 bits per heavy atom. The lowest BCUT2D eigenvalue weighted by molar-refractivity contribution is 0.512. The molecule has 2 unspecified atom stereocenters. The van der Waals surface area contributed by atoms with Gasteiger partial charge in [-0.3, -0.25) is 9.97 Å². The highest BCUT2D eigenvalue weighted by atomic mass is 32.2. The largest absolute Gasteiger partial charge is 0.347 e. The van der Waals surface area contributed by atoms with Crippen molar-refractivity contribution in [3.63, 3.8) is 0 Å². The Labute approximate surface area is 207 Å². The number of nitrogens with zero attached hydrogens (tertiary/aromatic N) is 7. The van der Waals surface area contributed by atoms with Crippen molar-refractivity contribution in [2.24, 2.45) is 5.92 Å². The van der Waals surface area contributed by atoms with Crippen molar-refractivity contribution in [3.8, 4) is 21.1 Å². The van der Waals surface area contributed by atoms with Crippen LogP contribution in [0.25, 0.3) is 21.1 Å². The van der Waals surface area contributed by atoms with Crippen LogP contribution in [0.4, 0.5) is 5.13 Å². The van der Waals surface area contributed by atoms with Gasteiger partial charge >= 0.3 is 0 Å². The van der Waals surface area contributed by atoms with Crippen molar-refractivity contribution >= 4 is 39.6 Å². The summed E-state index contributed by atoms with van der Waals surface area (Å²) >= 11 is 5.12. The fourth-order valence-corrected chi connectivity index (χ4v) is 5.38. The van der Waals surface area contributed by atoms with Gasteiger partial charge in [0.15, 0.2) is 5.01 Å². The van der Waals surface area contributed by atoms with Crippen LogP contribution in [0.2, 0.25) is 0 Å². The highest BCUT2D eigenvalue weighted by molar-refractivity contribution is 7.98. The Morgan fingerprint density at radius 2 is 1.52 bits per heavy atom. The van der Waals surface area contributed by atoms with Crippen molar-refractivity contribution in [2.45, 2.75) is 33.2 Å². The number of thioether (sulfide) groups is 1. The fraction of sp³-hybridized carbons (Fsp3) is 0.391. The van der Waals surface area contributed by atoms with E-state index in [2.05, 4.69) is 69.3 Å². The molecule has 33 heavy (non-hydrogen) atoms. The lowest BCUT2D eigenvalue weighted by atomic mass is 10.1. The molecule has 0 aromatic carbocycles. The van der Waals surface area contributed by atoms with Crippen molar-refractivity contribution in [3.05, 3.63) is 54.1 Å². The summed E-state index contributed by atoms with van der Waals surface area (Å²) in [4.78, 5) is 10.4. The van der Waals surface area contributed by atoms with Crippen molar-refractivity contribution in [1.29, 1.82) is 0 Å². The lowest BCUT2D eigenvalue weighted by Crippen LogP contribution is -2.35. The highest BCUT2D eigenvalue weighted by Crippen LogP contribution is 2.29. The number of anilines is 1. The third kappa shape index (κ3) is 7.02. The third-order valence-electron chi connectivity index (χ3n) is 5.17. The summed E-state index contributed by atoms with van der Waals surface area (Å²) in [5.41, 5.74) is 2.06. The molecule has 4 rings (SSSR count). The minimum Gasteiger partial charge on any atom is -0.347 e. The van der Waals surface area contributed by atoms with Crippen LogP contribution in [-0.2, 0) is 6.42 Å². The van der Waals surface area contributed by atoms with Crippen LogP contribution in [0.3, 0.4) is 0 Å². The van der Waals surface area contributed by atoms with Gasteiger partial charge in [0.25, 0.3) is 0 Å². The third-order valence-corrected chi connectivity index (χ3v) is 8.20. The summed E-state index contributed by atoms with van der Waals surface area (Å²) in [6.07, 6.45) is 10.2. The molecule has 0 radical (unpaired) electrons. The molecule has 0 spiro atoms. The van der Waals surface area contributed by atoms with Gasteiger partial charge < -0.3 is 4.90 Å². The molecule has 0 amide bonds. The van der Waals surface area contributed by atoms with Gasteiger partial charge in [0.1, 0.15) is 10.0 Å². The van der Waals surface area contributed by atoms with E-state index in [9.17, 15) is 0 Å². The molecule has 0 fully saturated rings. The predicted molar refractivity (Wildman–Crippen MR) is 141 cm³/mol. The predicted octanol–water partition coefficient (Wildman–Crippen LogP) is 5.59. The summed E-state index contributed by atoms with van der Waals surface area (Å²) in [7, 11) is 2.09. The number of aromatic nitrogens is 6. The Bertz CT molecular complexity index is 1090. The molecular weight excluding hydrogens is 471 g/mol. The van der Waals surface area contributed by atoms with E-state index in [1.165, 1.54) is 0 Å². The van der Waals surface area contributed by atoms with Crippen LogP contribution in [0.5, 0.6) is 0 Å². The number of hydrogen-bond donors (Lipinski definition) is 0. The molecule has 0 bridgehead atoms. The second-order valence-corrected chi connectivity index (χ2v) is 10.4. The van der Waals surface area contributed by atoms with E-state index in [0.717, 1.165) is 43.5 Å². The van der Waals surface area contributed by atoms with E-state index in [4.69, 9.17) is 0 Å². The second-order valence-electron chi connectivity index (χ2n) is 7.51. The van der Waals surface area contributed by atoms with Crippen LogP contribution in [0.1, 0.15) is 25.8 Å². The first-order valence-electron chi connectivity index (χ1n) is 10.7. The molecule has 0 saturated heterocycles. The van der Waals surface area contributed by atoms with Crippen molar-refractivity contribution < 1.29 is 0 Å². The summed E-state index contributed by atoms with van der Waals surface area (Å²) in [5, 5.41) is 20.6. The summed E-state index contributed by atoms with van der Waals surface area (Å²) in [6, 6.07) is 8.27. The summed E-state index contributed by atoms with van der Waals surface area (Å²) < 4.78 is 0. The maximum Gasteiger partial charge on any atom is 0.208 e. The quantitative estimate of drug-likeness (QED) is 0.310. The molecule has 0 aliphatic rings. The first-order valence-corrected chi connectivity index (χ1v) is 13.7. The average molecular weight is 500 g/mol. The molecule has 174 valence electrons. The first-order chi connectivity index (χ1) is 16.0. The van der Waals surface area contributed by atoms with Crippen LogP contribution < -0.4 is 4.90 Å². The van der Waals surface area contributed by atoms with Crippen LogP contribution in [-0.4, -0.2) is 55.5 Å². The molecule has 2 atom stereocenters. The van der Waals surface area contributed by atoms with E-state index in [0.29, 0.717) is 12.0 Å². The van der Waals surface area contributed by atoms with Gasteiger partial charge in [0.2, 0.25) is 5.13 Å². The number of aryl methyl sites for hydroxylation is 1. The van der Waals surface area contributed by atoms with Gasteiger partial charge in [-0.15, -0.1) is 20.4 Å². The van der Waals surface area contributed by atoms with Crippen molar-refractivity contribution in [1.82, 2.24) is 30.4 Å². The summed E-state index contributed by atoms with van der Waals surface area (Å²) in [5.74, 6) is 1.76. The molecule has 4 aromatic rings.